The Bertz CT molecular complexity index is 973. The van der Waals surface area contributed by atoms with Crippen LogP contribution in [-0.2, 0) is 11.8 Å². The molecule has 0 aliphatic carbocycles. The molecule has 0 unspecified atom stereocenters. The van der Waals surface area contributed by atoms with Gasteiger partial charge in [-0.3, -0.25) is 14.3 Å². The lowest BCUT2D eigenvalue weighted by Crippen LogP contribution is -2.23. The third-order valence-electron chi connectivity index (χ3n) is 4.21. The van der Waals surface area contributed by atoms with Crippen LogP contribution in [0.3, 0.4) is 0 Å². The normalized spacial score (nSPS) is 10.7. The maximum absolute atomic E-state index is 12.8. The van der Waals surface area contributed by atoms with E-state index in [1.165, 1.54) is 17.3 Å². The van der Waals surface area contributed by atoms with E-state index in [9.17, 15) is 9.59 Å². The summed E-state index contributed by atoms with van der Waals surface area (Å²) in [6.07, 6.45) is 0. The first-order valence-corrected chi connectivity index (χ1v) is 9.29. The van der Waals surface area contributed by atoms with Gasteiger partial charge >= 0.3 is 0 Å². The van der Waals surface area contributed by atoms with Gasteiger partial charge < -0.3 is 5.32 Å². The van der Waals surface area contributed by atoms with E-state index in [-0.39, 0.29) is 17.2 Å². The van der Waals surface area contributed by atoms with Crippen LogP contribution in [0.5, 0.6) is 0 Å². The Morgan fingerprint density at radius 3 is 2.35 bits per heavy atom. The number of hydrogen-bond donors (Lipinski definition) is 1. The molecule has 1 N–H and O–H groups in total. The molecule has 0 aliphatic rings. The highest BCUT2D eigenvalue weighted by Gasteiger charge is 2.18. The number of anilines is 1. The smallest absolute Gasteiger partial charge is 0.295 e. The van der Waals surface area contributed by atoms with Crippen molar-refractivity contribution in [3.05, 3.63) is 76.2 Å². The highest BCUT2D eigenvalue weighted by molar-refractivity contribution is 8.00. The predicted molar refractivity (Wildman–Crippen MR) is 106 cm³/mol. The number of thioether (sulfide) groups is 1. The summed E-state index contributed by atoms with van der Waals surface area (Å²) in [7, 11) is 1.81. The molecule has 1 aromatic heterocycles. The van der Waals surface area contributed by atoms with Gasteiger partial charge in [0, 0.05) is 11.9 Å². The van der Waals surface area contributed by atoms with Crippen LogP contribution in [0.15, 0.2) is 64.3 Å². The summed E-state index contributed by atoms with van der Waals surface area (Å²) in [4.78, 5) is 26.1. The van der Waals surface area contributed by atoms with Crippen molar-refractivity contribution >= 4 is 23.4 Å². The largest absolute Gasteiger partial charge is 0.319 e. The van der Waals surface area contributed by atoms with Crippen molar-refractivity contribution in [2.75, 3.05) is 11.1 Å². The van der Waals surface area contributed by atoms with E-state index in [2.05, 4.69) is 5.32 Å². The van der Waals surface area contributed by atoms with E-state index in [4.69, 9.17) is 0 Å². The molecule has 1 amide bonds. The summed E-state index contributed by atoms with van der Waals surface area (Å²) in [5, 5.41) is 2.78. The highest BCUT2D eigenvalue weighted by atomic mass is 32.2. The molecule has 26 heavy (non-hydrogen) atoms. The van der Waals surface area contributed by atoms with E-state index in [1.54, 1.807) is 16.4 Å². The lowest BCUT2D eigenvalue weighted by molar-refractivity contribution is -0.113. The molecule has 3 rings (SSSR count). The lowest BCUT2D eigenvalue weighted by Gasteiger charge is -2.07. The zero-order valence-electron chi connectivity index (χ0n) is 15.0. The number of hydrogen-bond acceptors (Lipinski definition) is 3. The standard InChI is InChI=1S/C20H21N3O2S/c1-14-9-11-17(12-10-14)26-13-18(24)21-19-15(2)22(3)23(20(19)25)16-7-5-4-6-8-16/h4-12H,13H2,1-3H3,(H,21,24). The van der Waals surface area contributed by atoms with Crippen LogP contribution in [0.1, 0.15) is 11.3 Å². The fourth-order valence-electron chi connectivity index (χ4n) is 2.67. The molecular weight excluding hydrogens is 346 g/mol. The van der Waals surface area contributed by atoms with Crippen LogP contribution in [0.4, 0.5) is 5.69 Å². The number of benzene rings is 2. The summed E-state index contributed by atoms with van der Waals surface area (Å²) in [5.74, 6) is 0.0592. The lowest BCUT2D eigenvalue weighted by atomic mass is 10.2. The molecule has 0 bridgehead atoms. The van der Waals surface area contributed by atoms with Gasteiger partial charge in [0.1, 0.15) is 5.69 Å². The Kier molecular flexibility index (Phi) is 5.32. The van der Waals surface area contributed by atoms with Crippen molar-refractivity contribution in [2.24, 2.45) is 7.05 Å². The van der Waals surface area contributed by atoms with Gasteiger partial charge in [0.25, 0.3) is 5.56 Å². The van der Waals surface area contributed by atoms with Crippen molar-refractivity contribution in [1.29, 1.82) is 0 Å². The molecule has 0 radical (unpaired) electrons. The molecule has 2 aromatic carbocycles. The van der Waals surface area contributed by atoms with Crippen LogP contribution >= 0.6 is 11.8 Å². The summed E-state index contributed by atoms with van der Waals surface area (Å²) in [6, 6.07) is 17.4. The Balaban J connectivity index is 1.76. The van der Waals surface area contributed by atoms with E-state index < -0.39 is 0 Å². The molecular formula is C20H21N3O2S. The maximum Gasteiger partial charge on any atom is 0.295 e. The average Bonchev–Trinajstić information content (AvgIpc) is 2.85. The van der Waals surface area contributed by atoms with E-state index in [0.717, 1.165) is 10.6 Å². The molecule has 1 heterocycles. The van der Waals surface area contributed by atoms with Gasteiger partial charge in [-0.15, -0.1) is 11.8 Å². The second-order valence-corrected chi connectivity index (χ2v) is 7.14. The van der Waals surface area contributed by atoms with E-state index in [1.807, 2.05) is 68.4 Å². The minimum Gasteiger partial charge on any atom is -0.319 e. The Hall–Kier alpha value is -2.73. The van der Waals surface area contributed by atoms with Crippen LogP contribution in [0.25, 0.3) is 5.69 Å². The van der Waals surface area contributed by atoms with Crippen molar-refractivity contribution in [1.82, 2.24) is 9.36 Å². The van der Waals surface area contributed by atoms with Crippen LogP contribution in [0.2, 0.25) is 0 Å². The van der Waals surface area contributed by atoms with Crippen molar-refractivity contribution in [3.63, 3.8) is 0 Å². The quantitative estimate of drug-likeness (QED) is 0.702. The Morgan fingerprint density at radius 2 is 1.69 bits per heavy atom. The fraction of sp³-hybridized carbons (Fsp3) is 0.200. The number of carbonyl (C=O) groups excluding carboxylic acids is 1. The van der Waals surface area contributed by atoms with Gasteiger partial charge in [0.05, 0.1) is 17.1 Å². The molecule has 0 saturated carbocycles. The van der Waals surface area contributed by atoms with E-state index >= 15 is 0 Å². The van der Waals surface area contributed by atoms with Gasteiger partial charge in [0.2, 0.25) is 5.91 Å². The SMILES string of the molecule is Cc1ccc(SCC(=O)Nc2c(C)n(C)n(-c3ccccc3)c2=O)cc1. The van der Waals surface area contributed by atoms with Gasteiger partial charge in [-0.25, -0.2) is 4.68 Å². The van der Waals surface area contributed by atoms with Crippen LogP contribution in [0, 0.1) is 13.8 Å². The molecule has 6 heteroatoms. The van der Waals surface area contributed by atoms with Crippen molar-refractivity contribution in [2.45, 2.75) is 18.7 Å². The first-order valence-electron chi connectivity index (χ1n) is 8.30. The molecule has 3 aromatic rings. The van der Waals surface area contributed by atoms with Crippen LogP contribution < -0.4 is 10.9 Å². The van der Waals surface area contributed by atoms with Gasteiger partial charge in [-0.2, -0.15) is 0 Å². The highest BCUT2D eigenvalue weighted by Crippen LogP contribution is 2.19. The molecule has 0 saturated heterocycles. The van der Waals surface area contributed by atoms with Gasteiger partial charge in [-0.05, 0) is 38.1 Å². The number of aromatic nitrogens is 2. The molecule has 134 valence electrons. The monoisotopic (exact) mass is 367 g/mol. The fourth-order valence-corrected chi connectivity index (χ4v) is 3.37. The second-order valence-electron chi connectivity index (χ2n) is 6.09. The first kappa shape index (κ1) is 18.1. The van der Waals surface area contributed by atoms with Crippen LogP contribution in [-0.4, -0.2) is 21.0 Å². The summed E-state index contributed by atoms with van der Waals surface area (Å²) < 4.78 is 3.30. The molecule has 0 fully saturated rings. The summed E-state index contributed by atoms with van der Waals surface area (Å²) in [6.45, 7) is 3.85. The van der Waals surface area contributed by atoms with Gasteiger partial charge in [-0.1, -0.05) is 35.9 Å². The van der Waals surface area contributed by atoms with E-state index in [0.29, 0.717) is 11.4 Å². The molecule has 0 aliphatic heterocycles. The van der Waals surface area contributed by atoms with Gasteiger partial charge in [0.15, 0.2) is 0 Å². The topological polar surface area (TPSA) is 56.0 Å². The molecule has 0 atom stereocenters. The Labute approximate surface area is 156 Å². The maximum atomic E-state index is 12.8. The second kappa shape index (κ2) is 7.66. The Morgan fingerprint density at radius 1 is 1.04 bits per heavy atom. The molecule has 0 spiro atoms. The zero-order chi connectivity index (χ0) is 18.7. The predicted octanol–water partition coefficient (Wildman–Crippen LogP) is 3.52. The number of nitrogens with zero attached hydrogens (tertiary/aromatic N) is 2. The zero-order valence-corrected chi connectivity index (χ0v) is 15.8. The number of para-hydroxylation sites is 1. The van der Waals surface area contributed by atoms with Crippen molar-refractivity contribution in [3.8, 4) is 5.69 Å². The number of aryl methyl sites for hydroxylation is 1. The number of nitrogens with one attached hydrogen (secondary N) is 1. The van der Waals surface area contributed by atoms with Crippen molar-refractivity contribution < 1.29 is 4.79 Å². The summed E-state index contributed by atoms with van der Waals surface area (Å²) >= 11 is 1.45. The number of amides is 1. The molecule has 5 nitrogen and oxygen atoms in total. The minimum absolute atomic E-state index is 0.193. The first-order chi connectivity index (χ1) is 12.5. The third kappa shape index (κ3) is 3.75. The summed E-state index contributed by atoms with van der Waals surface area (Å²) in [5.41, 5.74) is 2.75. The average molecular weight is 367 g/mol. The number of carbonyl (C=O) groups is 1. The minimum atomic E-state index is -0.232. The number of rotatable bonds is 5. The third-order valence-corrected chi connectivity index (χ3v) is 5.22.